The van der Waals surface area contributed by atoms with Crippen LogP contribution in [0, 0.1) is 5.92 Å². The number of likely N-dealkylation sites (tertiary alicyclic amines) is 1. The standard InChI is InChI=1S/C15H16BrN5O3/c1-24-15(23)10-4-6-20(7-5-10)14(22)12-8-11(16)2-3-13(12)21-9-17-18-19-21/h2-3,8-10H,4-7H2,1H3. The third-order valence-electron chi connectivity index (χ3n) is 4.10. The van der Waals surface area contributed by atoms with E-state index in [1.165, 1.54) is 18.1 Å². The van der Waals surface area contributed by atoms with E-state index in [4.69, 9.17) is 4.74 Å². The first-order valence-electron chi connectivity index (χ1n) is 7.50. The Kier molecular flexibility index (Phi) is 4.89. The van der Waals surface area contributed by atoms with Crippen molar-refractivity contribution in [2.24, 2.45) is 5.92 Å². The minimum absolute atomic E-state index is 0.106. The molecule has 1 amide bonds. The van der Waals surface area contributed by atoms with Crippen LogP contribution in [-0.2, 0) is 9.53 Å². The molecule has 1 fully saturated rings. The van der Waals surface area contributed by atoms with Gasteiger partial charge < -0.3 is 9.64 Å². The highest BCUT2D eigenvalue weighted by Gasteiger charge is 2.29. The zero-order valence-corrected chi connectivity index (χ0v) is 14.6. The van der Waals surface area contributed by atoms with Gasteiger partial charge in [0, 0.05) is 17.6 Å². The summed E-state index contributed by atoms with van der Waals surface area (Å²) in [5.41, 5.74) is 1.12. The van der Waals surface area contributed by atoms with Gasteiger partial charge in [0.25, 0.3) is 5.91 Å². The van der Waals surface area contributed by atoms with E-state index in [0.29, 0.717) is 37.2 Å². The van der Waals surface area contributed by atoms with Crippen molar-refractivity contribution in [1.82, 2.24) is 25.1 Å². The molecule has 1 aliphatic heterocycles. The van der Waals surface area contributed by atoms with E-state index in [-0.39, 0.29) is 17.8 Å². The zero-order valence-electron chi connectivity index (χ0n) is 13.1. The third-order valence-corrected chi connectivity index (χ3v) is 4.59. The predicted octanol–water partition coefficient (Wildman–Crippen LogP) is 1.45. The van der Waals surface area contributed by atoms with Gasteiger partial charge in [0.15, 0.2) is 0 Å². The molecule has 8 nitrogen and oxygen atoms in total. The molecule has 0 spiro atoms. The quantitative estimate of drug-likeness (QED) is 0.732. The highest BCUT2D eigenvalue weighted by atomic mass is 79.9. The summed E-state index contributed by atoms with van der Waals surface area (Å²) in [5, 5.41) is 11.1. The summed E-state index contributed by atoms with van der Waals surface area (Å²) in [7, 11) is 1.39. The number of aromatic nitrogens is 4. The van der Waals surface area contributed by atoms with Crippen molar-refractivity contribution in [2.45, 2.75) is 12.8 Å². The van der Waals surface area contributed by atoms with Crippen LogP contribution in [-0.4, -0.2) is 57.2 Å². The molecular weight excluding hydrogens is 378 g/mol. The van der Waals surface area contributed by atoms with Gasteiger partial charge in [-0.25, -0.2) is 0 Å². The molecule has 0 atom stereocenters. The van der Waals surface area contributed by atoms with Crippen LogP contribution < -0.4 is 0 Å². The Morgan fingerprint density at radius 3 is 2.67 bits per heavy atom. The number of carbonyl (C=O) groups is 2. The second-order valence-electron chi connectivity index (χ2n) is 5.51. The second-order valence-corrected chi connectivity index (χ2v) is 6.42. The number of carbonyl (C=O) groups excluding carboxylic acids is 2. The molecule has 2 heterocycles. The monoisotopic (exact) mass is 393 g/mol. The van der Waals surface area contributed by atoms with Gasteiger partial charge in [0.1, 0.15) is 6.33 Å². The number of hydrogen-bond donors (Lipinski definition) is 0. The number of ether oxygens (including phenoxy) is 1. The van der Waals surface area contributed by atoms with Crippen molar-refractivity contribution in [1.29, 1.82) is 0 Å². The Morgan fingerprint density at radius 1 is 1.29 bits per heavy atom. The van der Waals surface area contributed by atoms with Crippen LogP contribution in [0.4, 0.5) is 0 Å². The first-order valence-corrected chi connectivity index (χ1v) is 8.29. The average Bonchev–Trinajstić information content (AvgIpc) is 3.15. The van der Waals surface area contributed by atoms with Crippen molar-refractivity contribution < 1.29 is 14.3 Å². The minimum atomic E-state index is -0.209. The molecule has 0 unspecified atom stereocenters. The van der Waals surface area contributed by atoms with E-state index in [9.17, 15) is 9.59 Å². The second kappa shape index (κ2) is 7.08. The fourth-order valence-electron chi connectivity index (χ4n) is 2.81. The van der Waals surface area contributed by atoms with Gasteiger partial charge in [0.05, 0.1) is 24.3 Å². The lowest BCUT2D eigenvalue weighted by molar-refractivity contribution is -0.146. The molecule has 24 heavy (non-hydrogen) atoms. The lowest BCUT2D eigenvalue weighted by atomic mass is 9.96. The van der Waals surface area contributed by atoms with Gasteiger partial charge in [-0.15, -0.1) is 5.10 Å². The van der Waals surface area contributed by atoms with Gasteiger partial charge in [-0.05, 0) is 41.5 Å². The predicted molar refractivity (Wildman–Crippen MR) is 87.5 cm³/mol. The molecule has 2 aromatic rings. The number of hydrogen-bond acceptors (Lipinski definition) is 6. The molecule has 1 aliphatic rings. The van der Waals surface area contributed by atoms with Crippen LogP contribution in [0.3, 0.4) is 0 Å². The molecule has 0 saturated carbocycles. The van der Waals surface area contributed by atoms with E-state index < -0.39 is 0 Å². The third kappa shape index (κ3) is 3.30. The maximum absolute atomic E-state index is 12.9. The van der Waals surface area contributed by atoms with Crippen LogP contribution in [0.5, 0.6) is 0 Å². The number of halogens is 1. The Morgan fingerprint density at radius 2 is 2.04 bits per heavy atom. The highest BCUT2D eigenvalue weighted by molar-refractivity contribution is 9.10. The normalized spacial score (nSPS) is 15.3. The van der Waals surface area contributed by atoms with E-state index in [0.717, 1.165) is 4.47 Å². The van der Waals surface area contributed by atoms with E-state index in [2.05, 4.69) is 31.5 Å². The maximum atomic E-state index is 12.9. The maximum Gasteiger partial charge on any atom is 0.308 e. The Labute approximate surface area is 146 Å². The fraction of sp³-hybridized carbons (Fsp3) is 0.400. The topological polar surface area (TPSA) is 90.2 Å². The number of nitrogens with zero attached hydrogens (tertiary/aromatic N) is 5. The minimum Gasteiger partial charge on any atom is -0.469 e. The Balaban J connectivity index is 1.81. The summed E-state index contributed by atoms with van der Waals surface area (Å²) in [6.07, 6.45) is 2.66. The van der Waals surface area contributed by atoms with Gasteiger partial charge in [0.2, 0.25) is 0 Å². The molecule has 0 aliphatic carbocycles. The number of amides is 1. The van der Waals surface area contributed by atoms with Gasteiger partial charge in [-0.2, -0.15) is 4.68 Å². The summed E-state index contributed by atoms with van der Waals surface area (Å²) >= 11 is 3.40. The van der Waals surface area contributed by atoms with E-state index >= 15 is 0 Å². The molecule has 0 N–H and O–H groups in total. The van der Waals surface area contributed by atoms with Crippen molar-refractivity contribution in [3.8, 4) is 5.69 Å². The lowest BCUT2D eigenvalue weighted by Crippen LogP contribution is -2.40. The SMILES string of the molecule is COC(=O)C1CCN(C(=O)c2cc(Br)ccc2-n2cnnn2)CC1. The van der Waals surface area contributed by atoms with Crippen LogP contribution in [0.1, 0.15) is 23.2 Å². The highest BCUT2D eigenvalue weighted by Crippen LogP contribution is 2.24. The number of rotatable bonds is 3. The van der Waals surface area contributed by atoms with Gasteiger partial charge in [-0.1, -0.05) is 15.9 Å². The van der Waals surface area contributed by atoms with Crippen molar-refractivity contribution >= 4 is 27.8 Å². The number of benzene rings is 1. The van der Waals surface area contributed by atoms with Crippen molar-refractivity contribution in [3.63, 3.8) is 0 Å². The number of methoxy groups -OCH3 is 1. The number of tetrazole rings is 1. The van der Waals surface area contributed by atoms with Crippen LogP contribution in [0.15, 0.2) is 29.0 Å². The molecular formula is C15H16BrN5O3. The van der Waals surface area contributed by atoms with Gasteiger partial charge >= 0.3 is 5.97 Å². The fourth-order valence-corrected chi connectivity index (χ4v) is 3.17. The zero-order chi connectivity index (χ0) is 17.1. The molecule has 0 radical (unpaired) electrons. The molecule has 1 saturated heterocycles. The van der Waals surface area contributed by atoms with Crippen molar-refractivity contribution in [2.75, 3.05) is 20.2 Å². The van der Waals surface area contributed by atoms with Gasteiger partial charge in [-0.3, -0.25) is 9.59 Å². The van der Waals surface area contributed by atoms with Crippen molar-refractivity contribution in [3.05, 3.63) is 34.6 Å². The summed E-state index contributed by atoms with van der Waals surface area (Å²) in [5.74, 6) is -0.454. The lowest BCUT2D eigenvalue weighted by Gasteiger charge is -2.31. The van der Waals surface area contributed by atoms with E-state index in [1.54, 1.807) is 17.0 Å². The summed E-state index contributed by atoms with van der Waals surface area (Å²) in [6.45, 7) is 1.03. The molecule has 0 bridgehead atoms. The smallest absolute Gasteiger partial charge is 0.308 e. The largest absolute Gasteiger partial charge is 0.469 e. The first kappa shape index (κ1) is 16.6. The number of esters is 1. The summed E-state index contributed by atoms with van der Waals surface area (Å²) in [4.78, 5) is 26.3. The first-order chi connectivity index (χ1) is 11.6. The molecule has 1 aromatic carbocycles. The molecule has 9 heteroatoms. The molecule has 126 valence electrons. The number of piperidine rings is 1. The van der Waals surface area contributed by atoms with Crippen LogP contribution in [0.25, 0.3) is 5.69 Å². The Bertz CT molecular complexity index is 742. The van der Waals surface area contributed by atoms with Crippen LogP contribution in [0.2, 0.25) is 0 Å². The van der Waals surface area contributed by atoms with Crippen LogP contribution >= 0.6 is 15.9 Å². The summed E-state index contributed by atoms with van der Waals surface area (Å²) in [6, 6.07) is 5.37. The molecule has 3 rings (SSSR count). The Hall–Kier alpha value is -2.29. The average molecular weight is 394 g/mol. The van der Waals surface area contributed by atoms with E-state index in [1.807, 2.05) is 6.07 Å². The summed E-state index contributed by atoms with van der Waals surface area (Å²) < 4.78 is 7.04. The molecule has 1 aromatic heterocycles.